The monoisotopic (exact) mass is 352 g/mol. The van der Waals surface area contributed by atoms with Crippen molar-refractivity contribution in [3.8, 4) is 0 Å². The van der Waals surface area contributed by atoms with Gasteiger partial charge in [0.05, 0.1) is 5.69 Å². The molecule has 0 unspecified atom stereocenters. The number of aromatic nitrogens is 3. The van der Waals surface area contributed by atoms with Gasteiger partial charge in [-0.3, -0.25) is 9.67 Å². The van der Waals surface area contributed by atoms with Crippen LogP contribution in [0.3, 0.4) is 0 Å². The molecule has 3 N–H and O–H groups in total. The van der Waals surface area contributed by atoms with Crippen LogP contribution < -0.4 is 10.6 Å². The number of H-pyrrole nitrogens is 1. The average Bonchev–Trinajstić information content (AvgIpc) is 3.14. The predicted molar refractivity (Wildman–Crippen MR) is 108 cm³/mol. The Morgan fingerprint density at radius 1 is 1.23 bits per heavy atom. The normalized spacial score (nSPS) is 12.0. The van der Waals surface area contributed by atoms with E-state index in [2.05, 4.69) is 64.0 Å². The molecule has 0 saturated carbocycles. The summed E-state index contributed by atoms with van der Waals surface area (Å²) in [4.78, 5) is 7.71. The number of nitrogens with one attached hydrogen (secondary N) is 3. The molecule has 3 aromatic rings. The zero-order valence-corrected chi connectivity index (χ0v) is 16.3. The lowest BCUT2D eigenvalue weighted by molar-refractivity contribution is 0.728. The second-order valence-corrected chi connectivity index (χ2v) is 6.69. The molecule has 26 heavy (non-hydrogen) atoms. The Morgan fingerprint density at radius 3 is 2.73 bits per heavy atom. The first-order valence-corrected chi connectivity index (χ1v) is 9.00. The molecule has 0 atom stereocenters. The highest BCUT2D eigenvalue weighted by molar-refractivity contribution is 5.86. The van der Waals surface area contributed by atoms with E-state index in [-0.39, 0.29) is 0 Å². The van der Waals surface area contributed by atoms with Gasteiger partial charge in [-0.25, -0.2) is 0 Å². The molecule has 0 aliphatic heterocycles. The van der Waals surface area contributed by atoms with Crippen LogP contribution in [-0.2, 0) is 20.0 Å². The topological polar surface area (TPSA) is 70.0 Å². The molecule has 138 valence electrons. The van der Waals surface area contributed by atoms with Crippen molar-refractivity contribution in [2.75, 3.05) is 13.6 Å². The third-order valence-electron chi connectivity index (χ3n) is 5.01. The maximum atomic E-state index is 4.46. The predicted octanol–water partition coefficient (Wildman–Crippen LogP) is 2.73. The number of hydrogen-bond acceptors (Lipinski definition) is 2. The number of aryl methyl sites for hydroxylation is 3. The molecule has 6 heteroatoms. The minimum atomic E-state index is 0.720. The molecular weight excluding hydrogens is 324 g/mol. The first-order chi connectivity index (χ1) is 12.5. The molecule has 0 fully saturated rings. The van der Waals surface area contributed by atoms with Gasteiger partial charge in [-0.2, -0.15) is 5.10 Å². The van der Waals surface area contributed by atoms with Crippen LogP contribution in [0, 0.1) is 20.8 Å². The van der Waals surface area contributed by atoms with Gasteiger partial charge in [-0.05, 0) is 38.3 Å². The van der Waals surface area contributed by atoms with Gasteiger partial charge in [0.2, 0.25) is 0 Å². The number of benzene rings is 1. The van der Waals surface area contributed by atoms with Gasteiger partial charge in [0.1, 0.15) is 0 Å². The molecule has 6 nitrogen and oxygen atoms in total. The van der Waals surface area contributed by atoms with Crippen molar-refractivity contribution >= 4 is 16.9 Å². The van der Waals surface area contributed by atoms with Crippen LogP contribution in [0.15, 0.2) is 29.4 Å². The molecule has 0 aliphatic carbocycles. The van der Waals surface area contributed by atoms with E-state index < -0.39 is 0 Å². The van der Waals surface area contributed by atoms with Crippen molar-refractivity contribution in [2.24, 2.45) is 12.0 Å². The number of guanidine groups is 1. The lowest BCUT2D eigenvalue weighted by atomic mass is 10.1. The molecular formula is C20H28N6. The van der Waals surface area contributed by atoms with Gasteiger partial charge in [0, 0.05) is 55.5 Å². The Labute approximate surface area is 154 Å². The van der Waals surface area contributed by atoms with Crippen LogP contribution in [0.5, 0.6) is 0 Å². The third-order valence-corrected chi connectivity index (χ3v) is 5.01. The van der Waals surface area contributed by atoms with Crippen LogP contribution in [0.25, 0.3) is 10.9 Å². The highest BCUT2D eigenvalue weighted by Crippen LogP contribution is 2.21. The summed E-state index contributed by atoms with van der Waals surface area (Å²) in [7, 11) is 3.77. The van der Waals surface area contributed by atoms with E-state index >= 15 is 0 Å². The summed E-state index contributed by atoms with van der Waals surface area (Å²) in [6.07, 6.45) is 3.05. The molecule has 0 bridgehead atoms. The summed E-state index contributed by atoms with van der Waals surface area (Å²) >= 11 is 0. The maximum Gasteiger partial charge on any atom is 0.191 e. The first-order valence-electron chi connectivity index (χ1n) is 9.00. The Hall–Kier alpha value is -2.76. The molecule has 2 heterocycles. The van der Waals surface area contributed by atoms with Crippen LogP contribution >= 0.6 is 0 Å². The van der Waals surface area contributed by atoms with E-state index in [9.17, 15) is 0 Å². The van der Waals surface area contributed by atoms with Crippen molar-refractivity contribution in [3.05, 3.63) is 52.5 Å². The quantitative estimate of drug-likeness (QED) is 0.488. The number of rotatable bonds is 5. The maximum absolute atomic E-state index is 4.46. The summed E-state index contributed by atoms with van der Waals surface area (Å²) in [6, 6.07) is 6.42. The standard InChI is InChI=1S/C20H28N6/c1-13-7-6-8-17-16(11-23-19(13)17)9-10-22-20(21-4)24-12-18-14(2)25-26(5)15(18)3/h6-8,11,23H,9-10,12H2,1-5H3,(H2,21,22,24). The fourth-order valence-electron chi connectivity index (χ4n) is 3.35. The van der Waals surface area contributed by atoms with Gasteiger partial charge in [-0.1, -0.05) is 18.2 Å². The van der Waals surface area contributed by atoms with Gasteiger partial charge in [0.25, 0.3) is 0 Å². The fourth-order valence-corrected chi connectivity index (χ4v) is 3.35. The highest BCUT2D eigenvalue weighted by Gasteiger charge is 2.10. The summed E-state index contributed by atoms with van der Waals surface area (Å²) in [6.45, 7) is 7.81. The van der Waals surface area contributed by atoms with Gasteiger partial charge in [0.15, 0.2) is 5.96 Å². The second-order valence-electron chi connectivity index (χ2n) is 6.69. The minimum absolute atomic E-state index is 0.720. The Morgan fingerprint density at radius 2 is 2.04 bits per heavy atom. The van der Waals surface area contributed by atoms with Crippen molar-refractivity contribution in [1.82, 2.24) is 25.4 Å². The zero-order valence-electron chi connectivity index (χ0n) is 16.3. The Bertz CT molecular complexity index is 931. The molecule has 0 amide bonds. The number of hydrogen-bond donors (Lipinski definition) is 3. The smallest absolute Gasteiger partial charge is 0.191 e. The van der Waals surface area contributed by atoms with Crippen LogP contribution in [0.4, 0.5) is 0 Å². The highest BCUT2D eigenvalue weighted by atomic mass is 15.3. The van der Waals surface area contributed by atoms with Crippen LogP contribution in [0.2, 0.25) is 0 Å². The van der Waals surface area contributed by atoms with Crippen LogP contribution in [0.1, 0.15) is 28.1 Å². The molecule has 0 saturated heterocycles. The molecule has 0 spiro atoms. The summed E-state index contributed by atoms with van der Waals surface area (Å²) in [5.41, 5.74) is 7.30. The van der Waals surface area contributed by atoms with Crippen molar-refractivity contribution < 1.29 is 0 Å². The molecule has 2 aromatic heterocycles. The molecule has 0 aliphatic rings. The molecule has 1 aromatic carbocycles. The van der Waals surface area contributed by atoms with Crippen molar-refractivity contribution in [2.45, 2.75) is 33.7 Å². The lowest BCUT2D eigenvalue weighted by Gasteiger charge is -2.12. The number of aromatic amines is 1. The minimum Gasteiger partial charge on any atom is -0.361 e. The number of nitrogens with zero attached hydrogens (tertiary/aromatic N) is 3. The fraction of sp³-hybridized carbons (Fsp3) is 0.400. The summed E-state index contributed by atoms with van der Waals surface area (Å²) in [5, 5.41) is 12.5. The lowest BCUT2D eigenvalue weighted by Crippen LogP contribution is -2.38. The Balaban J connectivity index is 1.56. The van der Waals surface area contributed by atoms with E-state index in [1.807, 2.05) is 18.7 Å². The van der Waals surface area contributed by atoms with Crippen LogP contribution in [-0.4, -0.2) is 34.3 Å². The second kappa shape index (κ2) is 7.64. The van der Waals surface area contributed by atoms with Gasteiger partial charge >= 0.3 is 0 Å². The van der Waals surface area contributed by atoms with E-state index in [1.54, 1.807) is 7.05 Å². The first kappa shape index (κ1) is 18.0. The number of aliphatic imine (C=N–C) groups is 1. The molecule has 3 rings (SSSR count). The van der Waals surface area contributed by atoms with E-state index in [0.717, 1.165) is 31.2 Å². The van der Waals surface area contributed by atoms with Gasteiger partial charge in [-0.15, -0.1) is 0 Å². The largest absolute Gasteiger partial charge is 0.361 e. The van der Waals surface area contributed by atoms with E-state index in [0.29, 0.717) is 0 Å². The number of para-hydroxylation sites is 1. The SMILES string of the molecule is CN=C(NCCc1c[nH]c2c(C)cccc12)NCc1c(C)nn(C)c1C. The van der Waals surface area contributed by atoms with Gasteiger partial charge < -0.3 is 15.6 Å². The van der Waals surface area contributed by atoms with E-state index in [1.165, 1.54) is 33.3 Å². The average molecular weight is 352 g/mol. The number of fused-ring (bicyclic) bond motifs is 1. The molecule has 0 radical (unpaired) electrons. The summed E-state index contributed by atoms with van der Waals surface area (Å²) in [5.74, 6) is 0.809. The van der Waals surface area contributed by atoms with Crippen molar-refractivity contribution in [1.29, 1.82) is 0 Å². The van der Waals surface area contributed by atoms with Crippen molar-refractivity contribution in [3.63, 3.8) is 0 Å². The van der Waals surface area contributed by atoms with E-state index in [4.69, 9.17) is 0 Å². The zero-order chi connectivity index (χ0) is 18.7. The summed E-state index contributed by atoms with van der Waals surface area (Å²) < 4.78 is 1.92. The third kappa shape index (κ3) is 3.59. The Kier molecular flexibility index (Phi) is 5.30.